The van der Waals surface area contributed by atoms with Crippen molar-refractivity contribution in [3.63, 3.8) is 0 Å². The van der Waals surface area contributed by atoms with Crippen LogP contribution in [0.2, 0.25) is 0 Å². The first kappa shape index (κ1) is 10.8. The molecule has 64 valence electrons. The zero-order valence-electron chi connectivity index (χ0n) is 7.05. The van der Waals surface area contributed by atoms with Crippen molar-refractivity contribution in [3.8, 4) is 0 Å². The number of allylic oxidation sites excluding steroid dienone is 1. The first-order chi connectivity index (χ1) is 5.16. The summed E-state index contributed by atoms with van der Waals surface area (Å²) in [5.74, 6) is 0. The molecule has 0 aromatic carbocycles. The molecule has 0 saturated carbocycles. The highest BCUT2D eigenvalue weighted by atomic mass is 31.1. The van der Waals surface area contributed by atoms with Crippen LogP contribution in [-0.2, 0) is 4.57 Å². The van der Waals surface area contributed by atoms with Gasteiger partial charge in [-0.15, -0.1) is 0 Å². The summed E-state index contributed by atoms with van der Waals surface area (Å²) in [6, 6.07) is 0. The molecular weight excluding hydrogens is 159 g/mol. The van der Waals surface area contributed by atoms with Crippen LogP contribution in [0.15, 0.2) is 12.2 Å². The highest BCUT2D eigenvalue weighted by Gasteiger charge is 2.09. The smallest absolute Gasteiger partial charge is 0.161 e. The molecule has 0 saturated heterocycles. The third-order valence-corrected chi connectivity index (χ3v) is 2.15. The third-order valence-electron chi connectivity index (χ3n) is 1.54. The maximum Gasteiger partial charge on any atom is 0.505 e. The second kappa shape index (κ2) is 6.51. The first-order valence-corrected chi connectivity index (χ1v) is 5.36. The molecule has 1 N–H and O–H groups in total. The van der Waals surface area contributed by atoms with Crippen LogP contribution in [0.1, 0.15) is 32.6 Å². The Morgan fingerprint density at radius 1 is 1.55 bits per heavy atom. The second-order valence-corrected chi connectivity index (χ2v) is 3.83. The summed E-state index contributed by atoms with van der Waals surface area (Å²) in [6.45, 7) is 5.95. The van der Waals surface area contributed by atoms with Gasteiger partial charge in [0, 0.05) is 6.42 Å². The summed E-state index contributed by atoms with van der Waals surface area (Å²) in [5, 5.41) is 0. The van der Waals surface area contributed by atoms with E-state index in [1.54, 1.807) is 0 Å². The van der Waals surface area contributed by atoms with Crippen molar-refractivity contribution in [2.75, 3.05) is 6.16 Å². The van der Waals surface area contributed by atoms with E-state index in [4.69, 9.17) is 4.89 Å². The van der Waals surface area contributed by atoms with Crippen LogP contribution in [0.5, 0.6) is 0 Å². The van der Waals surface area contributed by atoms with E-state index in [-0.39, 0.29) is 0 Å². The Kier molecular flexibility index (Phi) is 6.39. The van der Waals surface area contributed by atoms with Gasteiger partial charge in [-0.2, -0.15) is 4.89 Å². The van der Waals surface area contributed by atoms with Crippen molar-refractivity contribution in [1.29, 1.82) is 0 Å². The zero-order valence-corrected chi connectivity index (χ0v) is 7.94. The van der Waals surface area contributed by atoms with Crippen LogP contribution >= 0.6 is 8.03 Å². The molecule has 0 rings (SSSR count). The second-order valence-electron chi connectivity index (χ2n) is 2.68. The zero-order chi connectivity index (χ0) is 8.69. The van der Waals surface area contributed by atoms with Crippen molar-refractivity contribution in [1.82, 2.24) is 0 Å². The molecule has 3 heteroatoms. The Hall–Kier alpha value is -0.200. The summed E-state index contributed by atoms with van der Waals surface area (Å²) in [7, 11) is -1.96. The van der Waals surface area contributed by atoms with E-state index in [0.29, 0.717) is 12.6 Å². The minimum atomic E-state index is -1.96. The lowest BCUT2D eigenvalue weighted by Gasteiger charge is -1.97. The lowest BCUT2D eigenvalue weighted by Crippen LogP contribution is -1.85. The quantitative estimate of drug-likeness (QED) is 0.497. The molecule has 0 heterocycles. The molecule has 0 amide bonds. The Bertz CT molecular complexity index is 143. The molecule has 1 atom stereocenters. The van der Waals surface area contributed by atoms with Crippen molar-refractivity contribution in [3.05, 3.63) is 12.2 Å². The average molecular weight is 175 g/mol. The van der Waals surface area contributed by atoms with E-state index in [1.807, 2.05) is 0 Å². The predicted octanol–water partition coefficient (Wildman–Crippen LogP) is 2.86. The lowest BCUT2D eigenvalue weighted by molar-refractivity contribution is 0.502. The minimum absolute atomic E-state index is 0.373. The van der Waals surface area contributed by atoms with Gasteiger partial charge in [-0.25, -0.2) is 0 Å². The number of hydrogen-bond donors (Lipinski definition) is 1. The van der Waals surface area contributed by atoms with Gasteiger partial charge in [0.2, 0.25) is 0 Å². The van der Waals surface area contributed by atoms with Gasteiger partial charge in [-0.05, 0) is 17.4 Å². The normalized spacial score (nSPS) is 11.3. The van der Waals surface area contributed by atoms with Crippen LogP contribution in [0, 0.1) is 0 Å². The molecule has 0 bridgehead atoms. The lowest BCUT2D eigenvalue weighted by atomic mass is 10.1. The molecule has 0 fully saturated rings. The van der Waals surface area contributed by atoms with Crippen LogP contribution in [0.25, 0.3) is 0 Å². The van der Waals surface area contributed by atoms with E-state index in [2.05, 4.69) is 13.5 Å². The van der Waals surface area contributed by atoms with Gasteiger partial charge < -0.3 is 0 Å². The Balaban J connectivity index is 3.30. The molecule has 0 aliphatic rings. The van der Waals surface area contributed by atoms with Gasteiger partial charge in [-0.3, -0.25) is 0 Å². The molecule has 0 aromatic heterocycles. The van der Waals surface area contributed by atoms with E-state index in [9.17, 15) is 4.57 Å². The largest absolute Gasteiger partial charge is 0.505 e. The summed E-state index contributed by atoms with van der Waals surface area (Å²) in [5.41, 5.74) is 1.10. The fourth-order valence-corrected chi connectivity index (χ4v) is 1.31. The maximum absolute atomic E-state index is 10.3. The molecule has 2 nitrogen and oxygen atoms in total. The fourth-order valence-electron chi connectivity index (χ4n) is 0.806. The third kappa shape index (κ3) is 7.70. The average Bonchev–Trinajstić information content (AvgIpc) is 1.97. The fraction of sp³-hybridized carbons (Fsp3) is 0.750. The molecule has 0 aliphatic heterocycles. The van der Waals surface area contributed by atoms with Crippen molar-refractivity contribution in [2.45, 2.75) is 32.6 Å². The Morgan fingerprint density at radius 3 is 2.64 bits per heavy atom. The monoisotopic (exact) mass is 175 g/mol. The molecular formula is C8H16O2P+. The van der Waals surface area contributed by atoms with Gasteiger partial charge in [-0.1, -0.05) is 25.5 Å². The topological polar surface area (TPSA) is 37.3 Å². The SMILES string of the molecule is C=C(CCCC)CC[P+](=O)O. The van der Waals surface area contributed by atoms with Crippen molar-refractivity contribution >= 4 is 8.03 Å². The molecule has 11 heavy (non-hydrogen) atoms. The summed E-state index contributed by atoms with van der Waals surface area (Å²) in [6.07, 6.45) is 4.37. The van der Waals surface area contributed by atoms with Gasteiger partial charge in [0.15, 0.2) is 6.16 Å². The van der Waals surface area contributed by atoms with E-state index in [1.165, 1.54) is 0 Å². The van der Waals surface area contributed by atoms with E-state index >= 15 is 0 Å². The molecule has 0 spiro atoms. The summed E-state index contributed by atoms with van der Waals surface area (Å²) < 4.78 is 10.3. The summed E-state index contributed by atoms with van der Waals surface area (Å²) in [4.78, 5) is 8.49. The van der Waals surface area contributed by atoms with Crippen LogP contribution < -0.4 is 0 Å². The predicted molar refractivity (Wildman–Crippen MR) is 48.0 cm³/mol. The Morgan fingerprint density at radius 2 is 2.18 bits per heavy atom. The number of rotatable bonds is 6. The van der Waals surface area contributed by atoms with E-state index in [0.717, 1.165) is 24.8 Å². The minimum Gasteiger partial charge on any atom is -0.161 e. The molecule has 1 unspecified atom stereocenters. The Labute approximate surface area is 69.2 Å². The standard InChI is InChI=1S/C8H15O2P/c1-3-4-5-8(2)6-7-11(9)10/h2-7H2,1H3/p+1. The van der Waals surface area contributed by atoms with Crippen LogP contribution in [0.3, 0.4) is 0 Å². The van der Waals surface area contributed by atoms with Crippen molar-refractivity contribution < 1.29 is 9.46 Å². The van der Waals surface area contributed by atoms with Gasteiger partial charge in [0.25, 0.3) is 0 Å². The van der Waals surface area contributed by atoms with Crippen LogP contribution in [-0.4, -0.2) is 11.1 Å². The van der Waals surface area contributed by atoms with Gasteiger partial charge in [0.05, 0.1) is 0 Å². The molecule has 0 aliphatic carbocycles. The van der Waals surface area contributed by atoms with Gasteiger partial charge in [0.1, 0.15) is 0 Å². The molecule has 0 aromatic rings. The first-order valence-electron chi connectivity index (χ1n) is 3.97. The highest BCUT2D eigenvalue weighted by molar-refractivity contribution is 7.37. The van der Waals surface area contributed by atoms with Crippen LogP contribution in [0.4, 0.5) is 0 Å². The summed E-state index contributed by atoms with van der Waals surface area (Å²) >= 11 is 0. The van der Waals surface area contributed by atoms with Gasteiger partial charge >= 0.3 is 8.03 Å². The highest BCUT2D eigenvalue weighted by Crippen LogP contribution is 2.19. The maximum atomic E-state index is 10.3. The number of hydrogen-bond acceptors (Lipinski definition) is 1. The molecule has 0 radical (unpaired) electrons. The number of unbranched alkanes of at least 4 members (excludes halogenated alkanes) is 1. The van der Waals surface area contributed by atoms with Crippen molar-refractivity contribution in [2.24, 2.45) is 0 Å². The van der Waals surface area contributed by atoms with E-state index < -0.39 is 8.03 Å².